The quantitative estimate of drug-likeness (QED) is 0.734. The highest BCUT2D eigenvalue weighted by atomic mass is 15.1. The summed E-state index contributed by atoms with van der Waals surface area (Å²) in [6.07, 6.45) is 8.60. The van der Waals surface area contributed by atoms with E-state index >= 15 is 0 Å². The first-order valence-corrected chi connectivity index (χ1v) is 5.58. The average Bonchev–Trinajstić information content (AvgIpc) is 2.94. The first-order valence-electron chi connectivity index (χ1n) is 5.58. The molecule has 0 amide bonds. The number of allylic oxidation sites excluding steroid dienone is 1. The molecule has 1 aliphatic carbocycles. The van der Waals surface area contributed by atoms with E-state index in [1.165, 1.54) is 6.33 Å². The molecule has 1 aliphatic rings. The van der Waals surface area contributed by atoms with Gasteiger partial charge in [-0.05, 0) is 13.5 Å². The van der Waals surface area contributed by atoms with E-state index in [0.29, 0.717) is 17.4 Å². The number of hydrogen-bond acceptors (Lipinski definition) is 5. The summed E-state index contributed by atoms with van der Waals surface area (Å²) < 4.78 is 2.04. The van der Waals surface area contributed by atoms with E-state index in [1.807, 2.05) is 11.6 Å². The van der Waals surface area contributed by atoms with E-state index in [4.69, 9.17) is 5.73 Å². The molecule has 0 saturated heterocycles. The molecule has 0 unspecified atom stereocenters. The molecule has 0 spiro atoms. The number of imidazole rings is 1. The smallest absolute Gasteiger partial charge is 0.165 e. The molecule has 6 nitrogen and oxygen atoms in total. The minimum absolute atomic E-state index is 0.284. The SMILES string of the molecule is CN[C@@H]1C=C[C@@H](n2cnc3c(N)ncnc32)C1. The standard InChI is InChI=1S/C11H14N6/c1-13-7-2-3-8(4-7)17-6-16-9-10(12)14-5-15-11(9)17/h2-3,5-8,13H,4H2,1H3,(H2,12,14,15)/t7-,8-/m1/s1. The summed E-state index contributed by atoms with van der Waals surface area (Å²) in [4.78, 5) is 12.5. The van der Waals surface area contributed by atoms with Crippen molar-refractivity contribution in [1.82, 2.24) is 24.8 Å². The number of aromatic nitrogens is 4. The lowest BCUT2D eigenvalue weighted by molar-refractivity contribution is 0.530. The van der Waals surface area contributed by atoms with Gasteiger partial charge in [-0.15, -0.1) is 0 Å². The van der Waals surface area contributed by atoms with Crippen molar-refractivity contribution in [2.75, 3.05) is 12.8 Å². The molecule has 0 fully saturated rings. The van der Waals surface area contributed by atoms with Crippen LogP contribution in [0.2, 0.25) is 0 Å². The number of nitrogens with zero attached hydrogens (tertiary/aromatic N) is 4. The Kier molecular flexibility index (Phi) is 2.29. The van der Waals surface area contributed by atoms with Gasteiger partial charge < -0.3 is 15.6 Å². The van der Waals surface area contributed by atoms with Crippen molar-refractivity contribution in [3.8, 4) is 0 Å². The number of nitrogens with two attached hydrogens (primary N) is 1. The van der Waals surface area contributed by atoms with Gasteiger partial charge in [0.2, 0.25) is 0 Å². The molecule has 0 saturated carbocycles. The minimum atomic E-state index is 0.284. The van der Waals surface area contributed by atoms with Gasteiger partial charge in [0.15, 0.2) is 11.5 Å². The van der Waals surface area contributed by atoms with Crippen LogP contribution in [0.4, 0.5) is 5.82 Å². The maximum Gasteiger partial charge on any atom is 0.165 e. The molecule has 2 atom stereocenters. The van der Waals surface area contributed by atoms with Crippen molar-refractivity contribution in [3.05, 3.63) is 24.8 Å². The minimum Gasteiger partial charge on any atom is -0.382 e. The molecule has 3 rings (SSSR count). The van der Waals surface area contributed by atoms with Gasteiger partial charge in [0.05, 0.1) is 12.4 Å². The Morgan fingerprint density at radius 1 is 1.35 bits per heavy atom. The Morgan fingerprint density at radius 2 is 2.24 bits per heavy atom. The first kappa shape index (κ1) is 10.2. The number of rotatable bonds is 2. The van der Waals surface area contributed by atoms with Crippen molar-refractivity contribution in [2.24, 2.45) is 0 Å². The van der Waals surface area contributed by atoms with Gasteiger partial charge >= 0.3 is 0 Å². The Hall–Kier alpha value is -1.95. The predicted molar refractivity (Wildman–Crippen MR) is 65.4 cm³/mol. The largest absolute Gasteiger partial charge is 0.382 e. The fourth-order valence-electron chi connectivity index (χ4n) is 2.21. The third-order valence-corrected chi connectivity index (χ3v) is 3.18. The van der Waals surface area contributed by atoms with Crippen molar-refractivity contribution < 1.29 is 0 Å². The summed E-state index contributed by atoms with van der Waals surface area (Å²) in [6.45, 7) is 0. The number of likely N-dealkylation sites (N-methyl/N-ethyl adjacent to an activating group) is 1. The van der Waals surface area contributed by atoms with E-state index in [9.17, 15) is 0 Å². The van der Waals surface area contributed by atoms with Gasteiger partial charge in [0, 0.05) is 6.04 Å². The maximum atomic E-state index is 5.76. The van der Waals surface area contributed by atoms with E-state index in [1.54, 1.807) is 6.33 Å². The molecule has 3 N–H and O–H groups in total. The van der Waals surface area contributed by atoms with Crippen LogP contribution >= 0.6 is 0 Å². The average molecular weight is 230 g/mol. The summed E-state index contributed by atoms with van der Waals surface area (Å²) in [5.74, 6) is 0.431. The second-order valence-corrected chi connectivity index (χ2v) is 4.17. The van der Waals surface area contributed by atoms with Gasteiger partial charge in [-0.3, -0.25) is 0 Å². The summed E-state index contributed by atoms with van der Waals surface area (Å²) in [6, 6.07) is 0.698. The molecular formula is C11H14N6. The molecule has 0 bridgehead atoms. The molecule has 2 aromatic heterocycles. The Bertz CT molecular complexity index is 572. The summed E-state index contributed by atoms with van der Waals surface area (Å²) in [7, 11) is 1.96. The van der Waals surface area contributed by atoms with E-state index in [0.717, 1.165) is 12.1 Å². The predicted octanol–water partition coefficient (Wildman–Crippen LogP) is 0.497. The van der Waals surface area contributed by atoms with Gasteiger partial charge in [0.25, 0.3) is 0 Å². The summed E-state index contributed by atoms with van der Waals surface area (Å²) in [5.41, 5.74) is 7.23. The number of nitrogens with one attached hydrogen (secondary N) is 1. The molecule has 88 valence electrons. The third-order valence-electron chi connectivity index (χ3n) is 3.18. The zero-order valence-corrected chi connectivity index (χ0v) is 9.54. The van der Waals surface area contributed by atoms with Crippen LogP contribution in [0.1, 0.15) is 12.5 Å². The second-order valence-electron chi connectivity index (χ2n) is 4.17. The van der Waals surface area contributed by atoms with Crippen LogP contribution in [0.5, 0.6) is 0 Å². The fraction of sp³-hybridized carbons (Fsp3) is 0.364. The van der Waals surface area contributed by atoms with Crippen LogP contribution < -0.4 is 11.1 Å². The third kappa shape index (κ3) is 1.57. The van der Waals surface area contributed by atoms with Crippen LogP contribution in [0, 0.1) is 0 Å². The number of fused-ring (bicyclic) bond motifs is 1. The molecule has 17 heavy (non-hydrogen) atoms. The number of anilines is 1. The molecule has 0 radical (unpaired) electrons. The lowest BCUT2D eigenvalue weighted by Crippen LogP contribution is -2.21. The van der Waals surface area contributed by atoms with Gasteiger partial charge in [0.1, 0.15) is 11.8 Å². The van der Waals surface area contributed by atoms with Crippen molar-refractivity contribution in [2.45, 2.75) is 18.5 Å². The molecule has 2 heterocycles. The summed E-state index contributed by atoms with van der Waals surface area (Å²) >= 11 is 0. The van der Waals surface area contributed by atoms with E-state index in [2.05, 4.69) is 32.4 Å². The van der Waals surface area contributed by atoms with Gasteiger partial charge in [-0.1, -0.05) is 12.2 Å². The Labute approximate surface area is 98.6 Å². The second kappa shape index (κ2) is 3.81. The lowest BCUT2D eigenvalue weighted by Gasteiger charge is -2.13. The van der Waals surface area contributed by atoms with Crippen LogP contribution in [0.3, 0.4) is 0 Å². The van der Waals surface area contributed by atoms with Gasteiger partial charge in [-0.25, -0.2) is 15.0 Å². The number of nitrogen functional groups attached to an aromatic ring is 1. The zero-order valence-electron chi connectivity index (χ0n) is 9.54. The molecule has 2 aromatic rings. The number of hydrogen-bond donors (Lipinski definition) is 2. The molecular weight excluding hydrogens is 216 g/mol. The monoisotopic (exact) mass is 230 g/mol. The zero-order chi connectivity index (χ0) is 11.8. The van der Waals surface area contributed by atoms with Crippen LogP contribution in [-0.2, 0) is 0 Å². The summed E-state index contributed by atoms with van der Waals surface area (Å²) in [5, 5.41) is 3.24. The Balaban J connectivity index is 2.02. The van der Waals surface area contributed by atoms with Crippen molar-refractivity contribution in [1.29, 1.82) is 0 Å². The molecule has 6 heteroatoms. The van der Waals surface area contributed by atoms with Crippen molar-refractivity contribution in [3.63, 3.8) is 0 Å². The lowest BCUT2D eigenvalue weighted by atomic mass is 10.2. The van der Waals surface area contributed by atoms with Crippen LogP contribution in [0.25, 0.3) is 11.2 Å². The van der Waals surface area contributed by atoms with Crippen molar-refractivity contribution >= 4 is 17.0 Å². The van der Waals surface area contributed by atoms with Gasteiger partial charge in [-0.2, -0.15) is 0 Å². The fourth-order valence-corrected chi connectivity index (χ4v) is 2.21. The van der Waals surface area contributed by atoms with Crippen LogP contribution in [-0.4, -0.2) is 32.6 Å². The highest BCUT2D eigenvalue weighted by Gasteiger charge is 2.21. The van der Waals surface area contributed by atoms with Crippen LogP contribution in [0.15, 0.2) is 24.8 Å². The maximum absolute atomic E-state index is 5.76. The van der Waals surface area contributed by atoms with E-state index < -0.39 is 0 Å². The highest BCUT2D eigenvalue weighted by Crippen LogP contribution is 2.26. The Morgan fingerprint density at radius 3 is 3.00 bits per heavy atom. The topological polar surface area (TPSA) is 81.7 Å². The molecule has 0 aromatic carbocycles. The normalized spacial score (nSPS) is 23.6. The first-order chi connectivity index (χ1) is 8.29. The molecule has 0 aliphatic heterocycles. The van der Waals surface area contributed by atoms with E-state index in [-0.39, 0.29) is 6.04 Å². The highest BCUT2D eigenvalue weighted by molar-refractivity contribution is 5.81.